The summed E-state index contributed by atoms with van der Waals surface area (Å²) in [5, 5.41) is 10.6. The summed E-state index contributed by atoms with van der Waals surface area (Å²) in [7, 11) is 0. The first-order valence-electron chi connectivity index (χ1n) is 5.97. The Morgan fingerprint density at radius 1 is 1.47 bits per heavy atom. The van der Waals surface area contributed by atoms with Crippen molar-refractivity contribution in [2.24, 2.45) is 0 Å². The van der Waals surface area contributed by atoms with E-state index in [4.69, 9.17) is 4.42 Å². The fraction of sp³-hybridized carbons (Fsp3) is 0.462. The fourth-order valence-corrected chi connectivity index (χ4v) is 1.90. The highest BCUT2D eigenvalue weighted by atomic mass is 16.3. The van der Waals surface area contributed by atoms with Crippen LogP contribution in [-0.4, -0.2) is 16.2 Å². The van der Waals surface area contributed by atoms with Crippen molar-refractivity contribution in [3.63, 3.8) is 0 Å². The van der Waals surface area contributed by atoms with E-state index in [2.05, 4.69) is 22.4 Å². The van der Waals surface area contributed by atoms with Gasteiger partial charge in [-0.25, -0.2) is 0 Å². The molecule has 0 amide bonds. The molecular formula is C13H19N3O. The third kappa shape index (κ3) is 2.90. The summed E-state index contributed by atoms with van der Waals surface area (Å²) < 4.78 is 5.32. The molecule has 2 aromatic rings. The van der Waals surface area contributed by atoms with Gasteiger partial charge in [-0.05, 0) is 39.3 Å². The standard InChI is InChI=1S/C13H19N3O/c1-9(6-7-12-5-4-8-17-12)14-13-10(2)15-16-11(13)3/h4-5,8-9,14H,6-7H2,1-3H3,(H,15,16). The van der Waals surface area contributed by atoms with Gasteiger partial charge in [-0.3, -0.25) is 5.10 Å². The van der Waals surface area contributed by atoms with Crippen molar-refractivity contribution in [1.29, 1.82) is 0 Å². The molecule has 2 heterocycles. The van der Waals surface area contributed by atoms with E-state index < -0.39 is 0 Å². The topological polar surface area (TPSA) is 53.9 Å². The largest absolute Gasteiger partial charge is 0.469 e. The lowest BCUT2D eigenvalue weighted by molar-refractivity contribution is 0.495. The van der Waals surface area contributed by atoms with E-state index in [0.29, 0.717) is 6.04 Å². The Hall–Kier alpha value is -1.71. The number of hydrogen-bond donors (Lipinski definition) is 2. The lowest BCUT2D eigenvalue weighted by Gasteiger charge is -2.14. The van der Waals surface area contributed by atoms with Gasteiger partial charge in [0, 0.05) is 12.5 Å². The number of nitrogens with one attached hydrogen (secondary N) is 2. The summed E-state index contributed by atoms with van der Waals surface area (Å²) in [6, 6.07) is 4.34. The van der Waals surface area contributed by atoms with Gasteiger partial charge in [0.2, 0.25) is 0 Å². The van der Waals surface area contributed by atoms with Crippen molar-refractivity contribution >= 4 is 5.69 Å². The fourth-order valence-electron chi connectivity index (χ4n) is 1.90. The van der Waals surface area contributed by atoms with Gasteiger partial charge in [0.25, 0.3) is 0 Å². The highest BCUT2D eigenvalue weighted by molar-refractivity contribution is 5.51. The highest BCUT2D eigenvalue weighted by Crippen LogP contribution is 2.18. The second-order valence-electron chi connectivity index (χ2n) is 4.47. The first-order chi connectivity index (χ1) is 8.16. The van der Waals surface area contributed by atoms with Crippen LogP contribution in [0.5, 0.6) is 0 Å². The summed E-state index contributed by atoms with van der Waals surface area (Å²) in [6.07, 6.45) is 3.71. The van der Waals surface area contributed by atoms with Gasteiger partial charge < -0.3 is 9.73 Å². The minimum atomic E-state index is 0.398. The molecule has 0 aliphatic heterocycles. The molecule has 2 aromatic heterocycles. The van der Waals surface area contributed by atoms with Gasteiger partial charge in [0.05, 0.1) is 23.3 Å². The van der Waals surface area contributed by atoms with Crippen molar-refractivity contribution in [2.45, 2.75) is 39.7 Å². The number of anilines is 1. The molecule has 0 aromatic carbocycles. The number of hydrogen-bond acceptors (Lipinski definition) is 3. The van der Waals surface area contributed by atoms with E-state index in [1.807, 2.05) is 26.0 Å². The third-order valence-corrected chi connectivity index (χ3v) is 2.92. The van der Waals surface area contributed by atoms with E-state index in [1.54, 1.807) is 6.26 Å². The molecule has 92 valence electrons. The molecule has 0 bridgehead atoms. The molecule has 17 heavy (non-hydrogen) atoms. The predicted octanol–water partition coefficient (Wildman–Crippen LogP) is 3.05. The van der Waals surface area contributed by atoms with E-state index in [1.165, 1.54) is 0 Å². The van der Waals surface area contributed by atoms with Gasteiger partial charge in [0.1, 0.15) is 5.76 Å². The summed E-state index contributed by atoms with van der Waals surface area (Å²) in [6.45, 7) is 6.21. The highest BCUT2D eigenvalue weighted by Gasteiger charge is 2.10. The van der Waals surface area contributed by atoms with Crippen LogP contribution < -0.4 is 5.32 Å². The first-order valence-corrected chi connectivity index (χ1v) is 5.97. The zero-order valence-corrected chi connectivity index (χ0v) is 10.6. The molecule has 0 fully saturated rings. The maximum atomic E-state index is 5.32. The normalized spacial score (nSPS) is 12.6. The zero-order chi connectivity index (χ0) is 12.3. The monoisotopic (exact) mass is 233 g/mol. The van der Waals surface area contributed by atoms with Gasteiger partial charge in [-0.1, -0.05) is 0 Å². The molecule has 4 nitrogen and oxygen atoms in total. The predicted molar refractivity (Wildman–Crippen MR) is 68.2 cm³/mol. The Kier molecular flexibility index (Phi) is 3.52. The molecular weight excluding hydrogens is 214 g/mol. The molecule has 1 atom stereocenters. The maximum absolute atomic E-state index is 5.32. The molecule has 0 radical (unpaired) electrons. The Morgan fingerprint density at radius 3 is 2.88 bits per heavy atom. The lowest BCUT2D eigenvalue weighted by Crippen LogP contribution is -2.16. The molecule has 0 aliphatic rings. The average Bonchev–Trinajstić information content (AvgIpc) is 2.91. The summed E-state index contributed by atoms with van der Waals surface area (Å²) in [5.41, 5.74) is 3.23. The van der Waals surface area contributed by atoms with Crippen molar-refractivity contribution in [3.8, 4) is 0 Å². The SMILES string of the molecule is Cc1n[nH]c(C)c1NC(C)CCc1ccco1. The van der Waals surface area contributed by atoms with Gasteiger partial charge in [0.15, 0.2) is 0 Å². The van der Waals surface area contributed by atoms with Crippen molar-refractivity contribution < 1.29 is 4.42 Å². The lowest BCUT2D eigenvalue weighted by atomic mass is 10.1. The number of rotatable bonds is 5. The number of nitrogens with zero attached hydrogens (tertiary/aromatic N) is 1. The quantitative estimate of drug-likeness (QED) is 0.834. The van der Waals surface area contributed by atoms with Crippen LogP contribution in [-0.2, 0) is 6.42 Å². The van der Waals surface area contributed by atoms with Gasteiger partial charge in [-0.2, -0.15) is 5.10 Å². The molecule has 4 heteroatoms. The summed E-state index contributed by atoms with van der Waals surface area (Å²) in [4.78, 5) is 0. The number of H-pyrrole nitrogens is 1. The summed E-state index contributed by atoms with van der Waals surface area (Å²) in [5.74, 6) is 1.04. The van der Waals surface area contributed by atoms with Crippen LogP contribution in [0.25, 0.3) is 0 Å². The Balaban J connectivity index is 1.87. The number of aryl methyl sites for hydroxylation is 3. The van der Waals surface area contributed by atoms with Crippen LogP contribution >= 0.6 is 0 Å². The van der Waals surface area contributed by atoms with Gasteiger partial charge >= 0.3 is 0 Å². The Labute approximate surface area is 101 Å². The second-order valence-corrected chi connectivity index (χ2v) is 4.47. The van der Waals surface area contributed by atoms with E-state index in [9.17, 15) is 0 Å². The number of aromatic amines is 1. The maximum Gasteiger partial charge on any atom is 0.103 e. The average molecular weight is 233 g/mol. The smallest absolute Gasteiger partial charge is 0.103 e. The Morgan fingerprint density at radius 2 is 2.29 bits per heavy atom. The third-order valence-electron chi connectivity index (χ3n) is 2.92. The molecule has 2 rings (SSSR count). The van der Waals surface area contributed by atoms with E-state index in [0.717, 1.165) is 35.7 Å². The van der Waals surface area contributed by atoms with E-state index in [-0.39, 0.29) is 0 Å². The van der Waals surface area contributed by atoms with Crippen LogP contribution in [0, 0.1) is 13.8 Å². The number of furan rings is 1. The number of aromatic nitrogens is 2. The van der Waals surface area contributed by atoms with Crippen LogP contribution in [0.4, 0.5) is 5.69 Å². The van der Waals surface area contributed by atoms with Crippen LogP contribution in [0.3, 0.4) is 0 Å². The molecule has 0 saturated carbocycles. The minimum absolute atomic E-state index is 0.398. The molecule has 0 spiro atoms. The summed E-state index contributed by atoms with van der Waals surface area (Å²) >= 11 is 0. The van der Waals surface area contributed by atoms with Crippen molar-refractivity contribution in [3.05, 3.63) is 35.5 Å². The van der Waals surface area contributed by atoms with Gasteiger partial charge in [-0.15, -0.1) is 0 Å². The van der Waals surface area contributed by atoms with Crippen LogP contribution in [0.1, 0.15) is 30.5 Å². The van der Waals surface area contributed by atoms with E-state index >= 15 is 0 Å². The van der Waals surface area contributed by atoms with Crippen molar-refractivity contribution in [2.75, 3.05) is 5.32 Å². The van der Waals surface area contributed by atoms with Crippen molar-refractivity contribution in [1.82, 2.24) is 10.2 Å². The first kappa shape index (κ1) is 11.8. The molecule has 0 aliphatic carbocycles. The van der Waals surface area contributed by atoms with Crippen LogP contribution in [0.15, 0.2) is 22.8 Å². The minimum Gasteiger partial charge on any atom is -0.469 e. The zero-order valence-electron chi connectivity index (χ0n) is 10.6. The molecule has 1 unspecified atom stereocenters. The second kappa shape index (κ2) is 5.08. The molecule has 2 N–H and O–H groups in total. The molecule has 0 saturated heterocycles. The van der Waals surface area contributed by atoms with Crippen LogP contribution in [0.2, 0.25) is 0 Å². The Bertz CT molecular complexity index is 439.